The lowest BCUT2D eigenvalue weighted by Crippen LogP contribution is -2.16. The Kier molecular flexibility index (Phi) is 0.418. The molecule has 0 bridgehead atoms. The molecule has 0 N–H and O–H groups in total. The second-order valence-electron chi connectivity index (χ2n) is 3.36. The summed E-state index contributed by atoms with van der Waals surface area (Å²) in [4.78, 5) is 0. The van der Waals surface area contributed by atoms with Crippen molar-refractivity contribution in [1.82, 2.24) is 0 Å². The van der Waals surface area contributed by atoms with Crippen molar-refractivity contribution in [2.24, 2.45) is 11.8 Å². The van der Waals surface area contributed by atoms with Gasteiger partial charge < -0.3 is 4.74 Å². The summed E-state index contributed by atoms with van der Waals surface area (Å²) in [6.45, 7) is 1.05. The maximum absolute atomic E-state index is 5.61. The van der Waals surface area contributed by atoms with Crippen LogP contribution < -0.4 is 0 Å². The van der Waals surface area contributed by atoms with E-state index in [1.165, 1.54) is 19.3 Å². The first-order valence-corrected chi connectivity index (χ1v) is 3.57. The van der Waals surface area contributed by atoms with Crippen LogP contribution in [0, 0.1) is 11.8 Å². The molecule has 0 aromatic carbocycles. The van der Waals surface area contributed by atoms with Crippen molar-refractivity contribution in [3.8, 4) is 0 Å². The van der Waals surface area contributed by atoms with Crippen molar-refractivity contribution in [2.45, 2.75) is 24.9 Å². The van der Waals surface area contributed by atoms with Gasteiger partial charge in [-0.2, -0.15) is 0 Å². The molecule has 1 saturated heterocycles. The predicted octanol–water partition coefficient (Wildman–Crippen LogP) is 1.19. The summed E-state index contributed by atoms with van der Waals surface area (Å²) < 4.78 is 5.61. The van der Waals surface area contributed by atoms with E-state index in [4.69, 9.17) is 4.74 Å². The van der Waals surface area contributed by atoms with E-state index in [1.54, 1.807) is 0 Å². The van der Waals surface area contributed by atoms with Crippen LogP contribution >= 0.6 is 0 Å². The summed E-state index contributed by atoms with van der Waals surface area (Å²) in [6.07, 6.45) is 4.19. The Morgan fingerprint density at radius 3 is 2.50 bits per heavy atom. The first-order valence-electron chi connectivity index (χ1n) is 3.57. The smallest absolute Gasteiger partial charge is 0.0747 e. The van der Waals surface area contributed by atoms with Crippen LogP contribution in [0.1, 0.15) is 19.3 Å². The van der Waals surface area contributed by atoms with E-state index in [2.05, 4.69) is 0 Å². The van der Waals surface area contributed by atoms with Gasteiger partial charge in [-0.15, -0.1) is 0 Å². The van der Waals surface area contributed by atoms with E-state index in [-0.39, 0.29) is 0 Å². The Hall–Kier alpha value is -0.0400. The van der Waals surface area contributed by atoms with Gasteiger partial charge in [-0.25, -0.2) is 0 Å². The van der Waals surface area contributed by atoms with Crippen molar-refractivity contribution in [3.63, 3.8) is 0 Å². The zero-order chi connectivity index (χ0) is 5.19. The number of hydrogen-bond acceptors (Lipinski definition) is 1. The highest BCUT2D eigenvalue weighted by Crippen LogP contribution is 2.76. The quantitative estimate of drug-likeness (QED) is 0.455. The Morgan fingerprint density at radius 1 is 1.38 bits per heavy atom. The van der Waals surface area contributed by atoms with Crippen LogP contribution in [0.3, 0.4) is 0 Å². The zero-order valence-electron chi connectivity index (χ0n) is 4.89. The Bertz CT molecular complexity index is 125. The molecule has 3 fully saturated rings. The Morgan fingerprint density at radius 2 is 2.25 bits per heavy atom. The van der Waals surface area contributed by atoms with Crippen LogP contribution in [0.5, 0.6) is 0 Å². The maximum atomic E-state index is 5.61. The SMILES string of the molecule is C1COC2(C1)C1CC12. The maximum Gasteiger partial charge on any atom is 0.0747 e. The summed E-state index contributed by atoms with van der Waals surface area (Å²) in [7, 11) is 0. The van der Waals surface area contributed by atoms with E-state index >= 15 is 0 Å². The largest absolute Gasteiger partial charge is 0.374 e. The van der Waals surface area contributed by atoms with E-state index in [1.807, 2.05) is 0 Å². The Balaban J connectivity index is 1.90. The van der Waals surface area contributed by atoms with Gasteiger partial charge >= 0.3 is 0 Å². The molecule has 0 aromatic rings. The third kappa shape index (κ3) is 0.235. The molecule has 1 heterocycles. The molecular formula is C7H10O. The van der Waals surface area contributed by atoms with Gasteiger partial charge in [-0.05, 0) is 31.1 Å². The number of hydrogen-bond donors (Lipinski definition) is 0. The number of rotatable bonds is 0. The summed E-state index contributed by atoms with van der Waals surface area (Å²) in [5.41, 5.74) is 0.500. The second-order valence-corrected chi connectivity index (χ2v) is 3.36. The molecule has 0 amide bonds. The minimum Gasteiger partial charge on any atom is -0.374 e. The summed E-state index contributed by atoms with van der Waals surface area (Å²) in [5.74, 6) is 2.06. The minimum absolute atomic E-state index is 0.500. The molecule has 2 unspecified atom stereocenters. The average Bonchev–Trinajstić information content (AvgIpc) is 2.58. The van der Waals surface area contributed by atoms with Crippen LogP contribution in [-0.4, -0.2) is 12.2 Å². The van der Waals surface area contributed by atoms with E-state index < -0.39 is 0 Å². The van der Waals surface area contributed by atoms with Gasteiger partial charge in [-0.3, -0.25) is 0 Å². The lowest BCUT2D eigenvalue weighted by molar-refractivity contribution is 0.0453. The van der Waals surface area contributed by atoms with Crippen LogP contribution in [0.4, 0.5) is 0 Å². The first-order chi connectivity index (χ1) is 3.93. The second kappa shape index (κ2) is 0.860. The molecule has 2 aliphatic carbocycles. The Labute approximate surface area is 49.0 Å². The minimum atomic E-state index is 0.500. The third-order valence-corrected chi connectivity index (χ3v) is 3.02. The highest BCUT2D eigenvalue weighted by atomic mass is 16.5. The average molecular weight is 110 g/mol. The monoisotopic (exact) mass is 110 g/mol. The van der Waals surface area contributed by atoms with Crippen molar-refractivity contribution >= 4 is 0 Å². The molecule has 0 radical (unpaired) electrons. The molecule has 1 spiro atoms. The third-order valence-electron chi connectivity index (χ3n) is 3.02. The van der Waals surface area contributed by atoms with E-state index in [0.29, 0.717) is 5.60 Å². The fraction of sp³-hybridized carbons (Fsp3) is 1.00. The molecule has 44 valence electrons. The molecule has 1 aliphatic heterocycles. The standard InChI is InChI=1S/C7H10O/c1-2-7(8-3-1)5-4-6(5)7/h5-6H,1-4H2. The highest BCUT2D eigenvalue weighted by molar-refractivity contribution is 5.27. The molecule has 3 aliphatic rings. The highest BCUT2D eigenvalue weighted by Gasteiger charge is 2.78. The normalized spacial score (nSPS) is 66.0. The van der Waals surface area contributed by atoms with Crippen molar-refractivity contribution in [1.29, 1.82) is 0 Å². The fourth-order valence-corrected chi connectivity index (χ4v) is 2.28. The number of ether oxygens (including phenoxy) is 1. The van der Waals surface area contributed by atoms with Gasteiger partial charge in [0, 0.05) is 6.61 Å². The molecule has 3 rings (SSSR count). The van der Waals surface area contributed by atoms with Crippen molar-refractivity contribution < 1.29 is 4.74 Å². The first kappa shape index (κ1) is 3.89. The van der Waals surface area contributed by atoms with Crippen LogP contribution in [0.2, 0.25) is 0 Å². The van der Waals surface area contributed by atoms with E-state index in [0.717, 1.165) is 18.4 Å². The summed E-state index contributed by atoms with van der Waals surface area (Å²) >= 11 is 0. The fourth-order valence-electron chi connectivity index (χ4n) is 2.28. The van der Waals surface area contributed by atoms with Gasteiger partial charge in [0.15, 0.2) is 0 Å². The van der Waals surface area contributed by atoms with Crippen LogP contribution in [-0.2, 0) is 4.74 Å². The molecule has 0 aromatic heterocycles. The van der Waals surface area contributed by atoms with Crippen LogP contribution in [0.25, 0.3) is 0 Å². The van der Waals surface area contributed by atoms with Gasteiger partial charge in [-0.1, -0.05) is 0 Å². The van der Waals surface area contributed by atoms with Gasteiger partial charge in [0.1, 0.15) is 0 Å². The lowest BCUT2D eigenvalue weighted by atomic mass is 10.1. The molecular weight excluding hydrogens is 100 g/mol. The summed E-state index contributed by atoms with van der Waals surface area (Å²) in [6, 6.07) is 0. The van der Waals surface area contributed by atoms with Crippen LogP contribution in [0.15, 0.2) is 0 Å². The van der Waals surface area contributed by atoms with Gasteiger partial charge in [0.25, 0.3) is 0 Å². The molecule has 8 heavy (non-hydrogen) atoms. The number of fused-ring (bicyclic) bond motifs is 3. The molecule has 1 nitrogen and oxygen atoms in total. The topological polar surface area (TPSA) is 9.23 Å². The van der Waals surface area contributed by atoms with Gasteiger partial charge in [0.05, 0.1) is 5.60 Å². The molecule has 2 atom stereocenters. The molecule has 1 heteroatoms. The molecule has 2 saturated carbocycles. The predicted molar refractivity (Wildman–Crippen MR) is 29.5 cm³/mol. The zero-order valence-corrected chi connectivity index (χ0v) is 4.89. The lowest BCUT2D eigenvalue weighted by Gasteiger charge is -2.12. The summed E-state index contributed by atoms with van der Waals surface area (Å²) in [5, 5.41) is 0. The van der Waals surface area contributed by atoms with Crippen molar-refractivity contribution in [3.05, 3.63) is 0 Å². The van der Waals surface area contributed by atoms with E-state index in [9.17, 15) is 0 Å². The van der Waals surface area contributed by atoms with Crippen molar-refractivity contribution in [2.75, 3.05) is 6.61 Å². The van der Waals surface area contributed by atoms with Gasteiger partial charge in [0.2, 0.25) is 0 Å².